The average Bonchev–Trinajstić information content (AvgIpc) is 2.67. The quantitative estimate of drug-likeness (QED) is 0.770. The van der Waals surface area contributed by atoms with Gasteiger partial charge in [0.1, 0.15) is 23.8 Å². The standard InChI is InChI=1S/C20H19F2N3O/c21-15-9-16(13-4-5-14(11-26)18(22)8-13)19-17(10-15)20(24-12-23-19)25-6-2-1-3-7-25/h4-5,8-10,12,26H,1-3,6-7,11H2. The number of fused-ring (bicyclic) bond motifs is 1. The molecule has 4 nitrogen and oxygen atoms in total. The lowest BCUT2D eigenvalue weighted by molar-refractivity contribution is 0.276. The van der Waals surface area contributed by atoms with Crippen LogP contribution in [0.15, 0.2) is 36.7 Å². The van der Waals surface area contributed by atoms with E-state index in [-0.39, 0.29) is 12.2 Å². The van der Waals surface area contributed by atoms with Crippen LogP contribution in [-0.2, 0) is 6.61 Å². The van der Waals surface area contributed by atoms with Gasteiger partial charge in [-0.2, -0.15) is 0 Å². The summed E-state index contributed by atoms with van der Waals surface area (Å²) in [5, 5.41) is 9.79. The molecule has 1 saturated heterocycles. The maximum absolute atomic E-state index is 14.4. The summed E-state index contributed by atoms with van der Waals surface area (Å²) in [5.74, 6) is -0.206. The fourth-order valence-corrected chi connectivity index (χ4v) is 3.54. The Kier molecular flexibility index (Phi) is 4.51. The molecule has 0 aliphatic carbocycles. The lowest BCUT2D eigenvalue weighted by atomic mass is 10.00. The topological polar surface area (TPSA) is 49.2 Å². The predicted molar refractivity (Wildman–Crippen MR) is 96.9 cm³/mol. The van der Waals surface area contributed by atoms with E-state index in [1.165, 1.54) is 37.0 Å². The third-order valence-corrected chi connectivity index (χ3v) is 4.87. The number of hydrogen-bond donors (Lipinski definition) is 1. The molecule has 1 aliphatic heterocycles. The molecule has 2 aromatic carbocycles. The van der Waals surface area contributed by atoms with E-state index in [9.17, 15) is 8.78 Å². The Hall–Kier alpha value is -2.60. The number of hydrogen-bond acceptors (Lipinski definition) is 4. The maximum Gasteiger partial charge on any atom is 0.140 e. The number of rotatable bonds is 3. The Morgan fingerprint density at radius 2 is 1.81 bits per heavy atom. The van der Waals surface area contributed by atoms with E-state index in [1.54, 1.807) is 6.07 Å². The van der Waals surface area contributed by atoms with Gasteiger partial charge in [-0.25, -0.2) is 18.7 Å². The van der Waals surface area contributed by atoms with Gasteiger partial charge >= 0.3 is 0 Å². The van der Waals surface area contributed by atoms with Crippen LogP contribution in [0.4, 0.5) is 14.6 Å². The second-order valence-electron chi connectivity index (χ2n) is 6.56. The number of aromatic nitrogens is 2. The average molecular weight is 355 g/mol. The van der Waals surface area contributed by atoms with Crippen molar-refractivity contribution in [1.29, 1.82) is 0 Å². The third kappa shape index (κ3) is 3.01. The molecule has 26 heavy (non-hydrogen) atoms. The van der Waals surface area contributed by atoms with Gasteiger partial charge in [-0.1, -0.05) is 12.1 Å². The minimum atomic E-state index is -0.521. The van der Waals surface area contributed by atoms with E-state index in [4.69, 9.17) is 5.11 Å². The Bertz CT molecular complexity index is 955. The van der Waals surface area contributed by atoms with Gasteiger partial charge in [-0.15, -0.1) is 0 Å². The van der Waals surface area contributed by atoms with Crippen LogP contribution in [0.2, 0.25) is 0 Å². The molecule has 3 aromatic rings. The first-order valence-electron chi connectivity index (χ1n) is 8.76. The van der Waals surface area contributed by atoms with Gasteiger partial charge < -0.3 is 10.0 Å². The zero-order valence-electron chi connectivity index (χ0n) is 14.3. The lowest BCUT2D eigenvalue weighted by Crippen LogP contribution is -2.30. The van der Waals surface area contributed by atoms with Crippen LogP contribution in [0, 0.1) is 11.6 Å². The number of piperidine rings is 1. The Labute approximate surface area is 150 Å². The van der Waals surface area contributed by atoms with Gasteiger partial charge in [0, 0.05) is 29.6 Å². The molecule has 0 radical (unpaired) electrons. The molecule has 1 aliphatic rings. The first-order chi connectivity index (χ1) is 12.7. The molecule has 0 saturated carbocycles. The smallest absolute Gasteiger partial charge is 0.140 e. The monoisotopic (exact) mass is 355 g/mol. The molecule has 0 bridgehead atoms. The van der Waals surface area contributed by atoms with Crippen LogP contribution < -0.4 is 4.90 Å². The maximum atomic E-state index is 14.4. The summed E-state index contributed by atoms with van der Waals surface area (Å²) in [6.07, 6.45) is 4.84. The molecular weight excluding hydrogens is 336 g/mol. The number of aliphatic hydroxyl groups is 1. The Morgan fingerprint density at radius 3 is 2.54 bits per heavy atom. The molecule has 134 valence electrons. The van der Waals surface area contributed by atoms with E-state index in [0.29, 0.717) is 22.0 Å². The van der Waals surface area contributed by atoms with Crippen molar-refractivity contribution in [1.82, 2.24) is 9.97 Å². The number of halogens is 2. The van der Waals surface area contributed by atoms with Crippen molar-refractivity contribution in [2.24, 2.45) is 0 Å². The Balaban J connectivity index is 1.89. The number of aliphatic hydroxyl groups excluding tert-OH is 1. The molecule has 0 unspecified atom stereocenters. The SMILES string of the molecule is OCc1ccc(-c2cc(F)cc3c(N4CCCCC4)ncnc23)cc1F. The van der Waals surface area contributed by atoms with Crippen LogP contribution in [0.5, 0.6) is 0 Å². The van der Waals surface area contributed by atoms with Gasteiger partial charge in [0.25, 0.3) is 0 Å². The van der Waals surface area contributed by atoms with Crippen molar-refractivity contribution in [3.8, 4) is 11.1 Å². The van der Waals surface area contributed by atoms with Crippen molar-refractivity contribution >= 4 is 16.7 Å². The van der Waals surface area contributed by atoms with E-state index < -0.39 is 11.6 Å². The molecular formula is C20H19F2N3O. The molecule has 6 heteroatoms. The highest BCUT2D eigenvalue weighted by atomic mass is 19.1. The van der Waals surface area contributed by atoms with Crippen molar-refractivity contribution < 1.29 is 13.9 Å². The second kappa shape index (κ2) is 6.96. The summed E-state index contributed by atoms with van der Waals surface area (Å²) in [5.41, 5.74) is 1.84. The predicted octanol–water partition coefficient (Wildman–Crippen LogP) is 4.06. The number of benzene rings is 2. The first kappa shape index (κ1) is 16.8. The van der Waals surface area contributed by atoms with Crippen molar-refractivity contribution in [2.45, 2.75) is 25.9 Å². The highest BCUT2D eigenvalue weighted by Crippen LogP contribution is 2.34. The third-order valence-electron chi connectivity index (χ3n) is 4.87. The summed E-state index contributed by atoms with van der Waals surface area (Å²) in [4.78, 5) is 10.9. The zero-order valence-corrected chi connectivity index (χ0v) is 14.3. The van der Waals surface area contributed by atoms with Crippen molar-refractivity contribution in [2.75, 3.05) is 18.0 Å². The fourth-order valence-electron chi connectivity index (χ4n) is 3.54. The van der Waals surface area contributed by atoms with E-state index in [1.807, 2.05) is 0 Å². The van der Waals surface area contributed by atoms with Gasteiger partial charge in [-0.3, -0.25) is 0 Å². The zero-order chi connectivity index (χ0) is 18.1. The van der Waals surface area contributed by atoms with Gasteiger partial charge in [0.2, 0.25) is 0 Å². The largest absolute Gasteiger partial charge is 0.392 e. The van der Waals surface area contributed by atoms with Gasteiger partial charge in [-0.05, 0) is 43.0 Å². The Morgan fingerprint density at radius 1 is 1.00 bits per heavy atom. The van der Waals surface area contributed by atoms with Gasteiger partial charge in [0.15, 0.2) is 0 Å². The summed E-state index contributed by atoms with van der Waals surface area (Å²) in [7, 11) is 0. The fraction of sp³-hybridized carbons (Fsp3) is 0.300. The van der Waals surface area contributed by atoms with Crippen molar-refractivity contribution in [3.63, 3.8) is 0 Å². The molecule has 1 aromatic heterocycles. The molecule has 0 atom stereocenters. The minimum absolute atomic E-state index is 0.207. The van der Waals surface area contributed by atoms with Crippen LogP contribution in [0.1, 0.15) is 24.8 Å². The molecule has 2 heterocycles. The summed E-state index contributed by atoms with van der Waals surface area (Å²) < 4.78 is 28.5. The summed E-state index contributed by atoms with van der Waals surface area (Å²) in [6.45, 7) is 1.40. The number of nitrogens with zero attached hydrogens (tertiary/aromatic N) is 3. The normalized spacial score (nSPS) is 14.8. The van der Waals surface area contributed by atoms with Gasteiger partial charge in [0.05, 0.1) is 12.1 Å². The molecule has 0 spiro atoms. The van der Waals surface area contributed by atoms with Crippen LogP contribution in [-0.4, -0.2) is 28.2 Å². The van der Waals surface area contributed by atoms with E-state index >= 15 is 0 Å². The highest BCUT2D eigenvalue weighted by Gasteiger charge is 2.18. The molecule has 0 amide bonds. The highest BCUT2D eigenvalue weighted by molar-refractivity contribution is 5.99. The van der Waals surface area contributed by atoms with Crippen LogP contribution in [0.3, 0.4) is 0 Å². The number of anilines is 1. The lowest BCUT2D eigenvalue weighted by Gasteiger charge is -2.28. The minimum Gasteiger partial charge on any atom is -0.392 e. The summed E-state index contributed by atoms with van der Waals surface area (Å²) >= 11 is 0. The van der Waals surface area contributed by atoms with E-state index in [2.05, 4.69) is 14.9 Å². The second-order valence-corrected chi connectivity index (χ2v) is 6.56. The molecule has 1 N–H and O–H groups in total. The van der Waals surface area contributed by atoms with Crippen molar-refractivity contribution in [3.05, 3.63) is 53.9 Å². The molecule has 1 fully saturated rings. The van der Waals surface area contributed by atoms with Crippen LogP contribution >= 0.6 is 0 Å². The summed E-state index contributed by atoms with van der Waals surface area (Å²) in [6, 6.07) is 7.30. The van der Waals surface area contributed by atoms with E-state index in [0.717, 1.165) is 31.7 Å². The van der Waals surface area contributed by atoms with Crippen LogP contribution in [0.25, 0.3) is 22.0 Å². The first-order valence-corrected chi connectivity index (χ1v) is 8.76. The molecule has 4 rings (SSSR count).